The van der Waals surface area contributed by atoms with Crippen LogP contribution in [0.1, 0.15) is 11.9 Å². The molecule has 22 heavy (non-hydrogen) atoms. The molecule has 0 aliphatic carbocycles. The summed E-state index contributed by atoms with van der Waals surface area (Å²) >= 11 is 0. The molecule has 8 heteroatoms. The van der Waals surface area contributed by atoms with E-state index in [4.69, 9.17) is 9.47 Å². The average molecular weight is 307 g/mol. The van der Waals surface area contributed by atoms with E-state index in [0.717, 1.165) is 0 Å². The smallest absolute Gasteiger partial charge is 0.260 e. The lowest BCUT2D eigenvalue weighted by molar-refractivity contribution is -0.141. The van der Waals surface area contributed by atoms with Crippen LogP contribution < -0.4 is 4.74 Å². The zero-order valence-corrected chi connectivity index (χ0v) is 11.6. The maximum Gasteiger partial charge on any atom is 0.260 e. The van der Waals surface area contributed by atoms with Crippen molar-refractivity contribution in [3.63, 3.8) is 0 Å². The highest BCUT2D eigenvalue weighted by Crippen LogP contribution is 2.19. The van der Waals surface area contributed by atoms with Crippen molar-refractivity contribution in [2.24, 2.45) is 0 Å². The number of carbonyl (C=O) groups is 1. The van der Waals surface area contributed by atoms with Crippen molar-refractivity contribution < 1.29 is 23.2 Å². The Balaban J connectivity index is 1.54. The van der Waals surface area contributed by atoms with Crippen molar-refractivity contribution in [2.45, 2.75) is 6.10 Å². The Morgan fingerprint density at radius 1 is 1.41 bits per heavy atom. The Kier molecular flexibility index (Phi) is 4.29. The Morgan fingerprint density at radius 2 is 2.23 bits per heavy atom. The van der Waals surface area contributed by atoms with Crippen LogP contribution in [-0.4, -0.2) is 47.3 Å². The van der Waals surface area contributed by atoms with E-state index in [1.54, 1.807) is 4.90 Å². The number of rotatable bonds is 4. The van der Waals surface area contributed by atoms with Gasteiger partial charge in [-0.05, 0) is 24.3 Å². The molecule has 3 rings (SSSR count). The first-order chi connectivity index (χ1) is 10.7. The number of hydrogen-bond acceptors (Lipinski definition) is 6. The number of carbonyl (C=O) groups excluding carboxylic acids is 1. The largest absolute Gasteiger partial charge is 0.484 e. The number of morpholine rings is 1. The second-order valence-corrected chi connectivity index (χ2v) is 4.73. The lowest BCUT2D eigenvalue weighted by Gasteiger charge is -2.31. The minimum Gasteiger partial charge on any atom is -0.484 e. The molecule has 1 aromatic carbocycles. The number of ether oxygens (including phenoxy) is 2. The molecule has 2 aromatic rings. The standard InChI is InChI=1S/C14H14FN3O4/c15-10-1-3-11(4-2-10)21-8-13(19)18-5-6-20-12(7-18)14-16-9-22-17-14/h1-4,9,12H,5-8H2/t12-/m0/s1. The molecule has 1 atom stereocenters. The molecule has 7 nitrogen and oxygen atoms in total. The maximum absolute atomic E-state index is 12.8. The molecule has 1 fully saturated rings. The van der Waals surface area contributed by atoms with Crippen LogP contribution in [0.15, 0.2) is 35.2 Å². The van der Waals surface area contributed by atoms with Gasteiger partial charge in [0.2, 0.25) is 12.2 Å². The van der Waals surface area contributed by atoms with E-state index in [1.165, 1.54) is 30.7 Å². The lowest BCUT2D eigenvalue weighted by atomic mass is 10.2. The number of hydrogen-bond donors (Lipinski definition) is 0. The van der Waals surface area contributed by atoms with E-state index in [2.05, 4.69) is 14.7 Å². The molecule has 0 unspecified atom stereocenters. The second kappa shape index (κ2) is 6.52. The number of aromatic nitrogens is 2. The van der Waals surface area contributed by atoms with Crippen LogP contribution in [0.4, 0.5) is 4.39 Å². The zero-order chi connectivity index (χ0) is 15.4. The first-order valence-electron chi connectivity index (χ1n) is 6.76. The summed E-state index contributed by atoms with van der Waals surface area (Å²) in [6, 6.07) is 5.51. The summed E-state index contributed by atoms with van der Waals surface area (Å²) in [7, 11) is 0. The third-order valence-electron chi connectivity index (χ3n) is 3.26. The predicted octanol–water partition coefficient (Wildman–Crippen LogP) is 1.19. The van der Waals surface area contributed by atoms with Crippen LogP contribution in [0.2, 0.25) is 0 Å². The summed E-state index contributed by atoms with van der Waals surface area (Å²) in [6.45, 7) is 1.08. The van der Waals surface area contributed by atoms with Crippen molar-refractivity contribution in [3.8, 4) is 5.75 Å². The number of halogens is 1. The third-order valence-corrected chi connectivity index (χ3v) is 3.26. The van der Waals surface area contributed by atoms with E-state index in [1.807, 2.05) is 0 Å². The van der Waals surface area contributed by atoms with Crippen LogP contribution in [0.5, 0.6) is 5.75 Å². The number of amides is 1. The highest BCUT2D eigenvalue weighted by atomic mass is 19.1. The molecule has 1 amide bonds. The first-order valence-corrected chi connectivity index (χ1v) is 6.76. The summed E-state index contributed by atoms with van der Waals surface area (Å²) in [5, 5.41) is 3.72. The van der Waals surface area contributed by atoms with E-state index in [9.17, 15) is 9.18 Å². The molecule has 116 valence electrons. The molecule has 1 saturated heterocycles. The van der Waals surface area contributed by atoms with E-state index in [-0.39, 0.29) is 18.3 Å². The Hall–Kier alpha value is -2.48. The minimum atomic E-state index is -0.401. The van der Waals surface area contributed by atoms with Crippen LogP contribution in [0.3, 0.4) is 0 Å². The number of benzene rings is 1. The molecule has 0 saturated carbocycles. The molecular formula is C14H14FN3O4. The normalized spacial score (nSPS) is 18.2. The Morgan fingerprint density at radius 3 is 2.95 bits per heavy atom. The highest BCUT2D eigenvalue weighted by Gasteiger charge is 2.28. The van der Waals surface area contributed by atoms with Crippen molar-refractivity contribution in [3.05, 3.63) is 42.3 Å². The topological polar surface area (TPSA) is 77.7 Å². The summed E-state index contributed by atoms with van der Waals surface area (Å²) in [5.41, 5.74) is 0. The fourth-order valence-corrected chi connectivity index (χ4v) is 2.12. The highest BCUT2D eigenvalue weighted by molar-refractivity contribution is 5.77. The molecule has 0 radical (unpaired) electrons. The van der Waals surface area contributed by atoms with Gasteiger partial charge in [-0.15, -0.1) is 0 Å². The van der Waals surface area contributed by atoms with Gasteiger partial charge in [-0.1, -0.05) is 5.16 Å². The third kappa shape index (κ3) is 3.40. The van der Waals surface area contributed by atoms with Crippen molar-refractivity contribution in [2.75, 3.05) is 26.3 Å². The van der Waals surface area contributed by atoms with Gasteiger partial charge >= 0.3 is 0 Å². The molecule has 0 spiro atoms. The van der Waals surface area contributed by atoms with Crippen molar-refractivity contribution in [1.29, 1.82) is 0 Å². The van der Waals surface area contributed by atoms with E-state index in [0.29, 0.717) is 31.3 Å². The van der Waals surface area contributed by atoms with Gasteiger partial charge in [-0.25, -0.2) is 4.39 Å². The minimum absolute atomic E-state index is 0.120. The van der Waals surface area contributed by atoms with Crippen molar-refractivity contribution >= 4 is 5.91 Å². The molecule has 0 N–H and O–H groups in total. The summed E-state index contributed by atoms with van der Waals surface area (Å²) in [5.74, 6) is 0.325. The maximum atomic E-state index is 12.8. The van der Waals surface area contributed by atoms with E-state index >= 15 is 0 Å². The fourth-order valence-electron chi connectivity index (χ4n) is 2.12. The van der Waals surface area contributed by atoms with Gasteiger partial charge in [0.15, 0.2) is 6.61 Å². The second-order valence-electron chi connectivity index (χ2n) is 4.73. The summed E-state index contributed by atoms with van der Waals surface area (Å²) in [4.78, 5) is 17.7. The van der Waals surface area contributed by atoms with Gasteiger partial charge in [-0.2, -0.15) is 4.98 Å². The van der Waals surface area contributed by atoms with Crippen molar-refractivity contribution in [1.82, 2.24) is 15.0 Å². The van der Waals surface area contributed by atoms with Gasteiger partial charge in [0.05, 0.1) is 13.2 Å². The van der Waals surface area contributed by atoms with Crippen LogP contribution >= 0.6 is 0 Å². The molecule has 1 aromatic heterocycles. The molecule has 0 bridgehead atoms. The molecule has 1 aliphatic heterocycles. The monoisotopic (exact) mass is 307 g/mol. The summed E-state index contributed by atoms with van der Waals surface area (Å²) in [6.07, 6.45) is 0.819. The van der Waals surface area contributed by atoms with Gasteiger partial charge in [0, 0.05) is 6.54 Å². The first kappa shape index (κ1) is 14.5. The van der Waals surface area contributed by atoms with Crippen LogP contribution in [0, 0.1) is 5.82 Å². The molecular weight excluding hydrogens is 293 g/mol. The van der Waals surface area contributed by atoms with E-state index < -0.39 is 6.10 Å². The predicted molar refractivity (Wildman–Crippen MR) is 71.5 cm³/mol. The van der Waals surface area contributed by atoms with Crippen LogP contribution in [-0.2, 0) is 9.53 Å². The van der Waals surface area contributed by atoms with Gasteiger partial charge in [-0.3, -0.25) is 4.79 Å². The van der Waals surface area contributed by atoms with Gasteiger partial charge in [0.25, 0.3) is 5.91 Å². The number of nitrogens with zero attached hydrogens (tertiary/aromatic N) is 3. The Labute approximate surface area is 125 Å². The fraction of sp³-hybridized carbons (Fsp3) is 0.357. The lowest BCUT2D eigenvalue weighted by Crippen LogP contribution is -2.44. The average Bonchev–Trinajstić information content (AvgIpc) is 3.09. The molecule has 2 heterocycles. The summed E-state index contributed by atoms with van der Waals surface area (Å²) < 4.78 is 28.3. The van der Waals surface area contributed by atoms with Crippen LogP contribution in [0.25, 0.3) is 0 Å². The quantitative estimate of drug-likeness (QED) is 0.844. The SMILES string of the molecule is O=C(COc1ccc(F)cc1)N1CCO[C@H](c2ncon2)C1. The van der Waals surface area contributed by atoms with Gasteiger partial charge in [0.1, 0.15) is 17.7 Å². The molecule has 1 aliphatic rings. The Bertz CT molecular complexity index is 618. The zero-order valence-electron chi connectivity index (χ0n) is 11.6. The van der Waals surface area contributed by atoms with Gasteiger partial charge < -0.3 is 18.9 Å².